The first-order valence-corrected chi connectivity index (χ1v) is 9.52. The molecule has 2 aromatic carbocycles. The van der Waals surface area contributed by atoms with Crippen LogP contribution in [0.2, 0.25) is 0 Å². The van der Waals surface area contributed by atoms with Gasteiger partial charge >= 0.3 is 0 Å². The van der Waals surface area contributed by atoms with Gasteiger partial charge in [-0.1, -0.05) is 42.5 Å². The lowest BCUT2D eigenvalue weighted by molar-refractivity contribution is -0.116. The highest BCUT2D eigenvalue weighted by atomic mass is 127. The number of hydrogen-bond acceptors (Lipinski definition) is 3. The van der Waals surface area contributed by atoms with Gasteiger partial charge in [0.15, 0.2) is 5.96 Å². The number of anilines is 1. The molecule has 0 saturated carbocycles. The molecule has 0 fully saturated rings. The Labute approximate surface area is 194 Å². The van der Waals surface area contributed by atoms with Crippen molar-refractivity contribution in [2.75, 3.05) is 12.4 Å². The average Bonchev–Trinajstić information content (AvgIpc) is 3.24. The van der Waals surface area contributed by atoms with Crippen LogP contribution in [0.3, 0.4) is 0 Å². The van der Waals surface area contributed by atoms with E-state index in [4.69, 9.17) is 0 Å². The van der Waals surface area contributed by atoms with Crippen molar-refractivity contribution in [2.45, 2.75) is 26.1 Å². The molecule has 158 valence electrons. The number of nitrogens with one attached hydrogen (secondary N) is 3. The van der Waals surface area contributed by atoms with Gasteiger partial charge in [-0.2, -0.15) is 5.10 Å². The van der Waals surface area contributed by atoms with Crippen LogP contribution >= 0.6 is 24.0 Å². The quantitative estimate of drug-likeness (QED) is 0.254. The second kappa shape index (κ2) is 12.0. The normalized spacial score (nSPS) is 11.9. The first-order chi connectivity index (χ1) is 14.1. The summed E-state index contributed by atoms with van der Waals surface area (Å²) in [6.07, 6.45) is 3.41. The number of benzene rings is 2. The number of rotatable bonds is 7. The maximum Gasteiger partial charge on any atom is 0.246 e. The van der Waals surface area contributed by atoms with Gasteiger partial charge in [-0.15, -0.1) is 24.0 Å². The highest BCUT2D eigenvalue weighted by Crippen LogP contribution is 2.12. The van der Waals surface area contributed by atoms with Crippen LogP contribution in [0, 0.1) is 0 Å². The van der Waals surface area contributed by atoms with Crippen LogP contribution < -0.4 is 16.0 Å². The number of amides is 1. The van der Waals surface area contributed by atoms with Crippen molar-refractivity contribution < 1.29 is 4.79 Å². The van der Waals surface area contributed by atoms with Gasteiger partial charge in [0.1, 0.15) is 6.54 Å². The number of hydrogen-bond donors (Lipinski definition) is 3. The molecule has 0 spiro atoms. The van der Waals surface area contributed by atoms with E-state index in [-0.39, 0.29) is 42.5 Å². The monoisotopic (exact) mass is 518 g/mol. The molecule has 1 heterocycles. The summed E-state index contributed by atoms with van der Waals surface area (Å²) < 4.78 is 1.59. The molecule has 3 rings (SSSR count). The van der Waals surface area contributed by atoms with Crippen molar-refractivity contribution >= 4 is 41.5 Å². The summed E-state index contributed by atoms with van der Waals surface area (Å²) in [5.41, 5.74) is 2.98. The van der Waals surface area contributed by atoms with Crippen molar-refractivity contribution in [1.82, 2.24) is 20.4 Å². The summed E-state index contributed by atoms with van der Waals surface area (Å²) in [6.45, 7) is 2.87. The fourth-order valence-electron chi connectivity index (χ4n) is 2.91. The van der Waals surface area contributed by atoms with Gasteiger partial charge in [0.25, 0.3) is 0 Å². The predicted octanol–water partition coefficient (Wildman–Crippen LogP) is 3.57. The second-order valence-corrected chi connectivity index (χ2v) is 6.65. The summed E-state index contributed by atoms with van der Waals surface area (Å²) in [5.74, 6) is 0.599. The van der Waals surface area contributed by atoms with Crippen molar-refractivity contribution in [2.24, 2.45) is 4.99 Å². The molecule has 8 heteroatoms. The highest BCUT2D eigenvalue weighted by Gasteiger charge is 2.08. The van der Waals surface area contributed by atoms with Gasteiger partial charge in [0, 0.05) is 31.7 Å². The van der Waals surface area contributed by atoms with E-state index in [1.807, 2.05) is 42.5 Å². The topological polar surface area (TPSA) is 83.3 Å². The smallest absolute Gasteiger partial charge is 0.246 e. The first-order valence-electron chi connectivity index (χ1n) is 9.52. The lowest BCUT2D eigenvalue weighted by Crippen LogP contribution is -2.38. The number of halogens is 1. The molecule has 0 aliphatic rings. The van der Waals surface area contributed by atoms with E-state index in [9.17, 15) is 4.79 Å². The zero-order chi connectivity index (χ0) is 20.5. The lowest BCUT2D eigenvalue weighted by Gasteiger charge is -2.18. The molecule has 7 nitrogen and oxygen atoms in total. The molecule has 0 saturated heterocycles. The molecule has 1 unspecified atom stereocenters. The maximum absolute atomic E-state index is 12.1. The van der Waals surface area contributed by atoms with Gasteiger partial charge in [-0.25, -0.2) is 0 Å². The summed E-state index contributed by atoms with van der Waals surface area (Å²) in [6, 6.07) is 19.9. The molecule has 0 aliphatic carbocycles. The number of nitrogens with zero attached hydrogens (tertiary/aromatic N) is 3. The first kappa shape index (κ1) is 23.4. The lowest BCUT2D eigenvalue weighted by atomic mass is 10.1. The summed E-state index contributed by atoms with van der Waals surface area (Å²) in [7, 11) is 1.75. The SMILES string of the molecule is CN=C(NCc1cccc(NC(=O)Cn2cccn2)c1)NC(C)c1ccccc1.I. The van der Waals surface area contributed by atoms with E-state index in [0.717, 1.165) is 17.2 Å². The van der Waals surface area contributed by atoms with Crippen molar-refractivity contribution in [3.8, 4) is 0 Å². The molecule has 0 aliphatic heterocycles. The fourth-order valence-corrected chi connectivity index (χ4v) is 2.91. The predicted molar refractivity (Wildman–Crippen MR) is 131 cm³/mol. The van der Waals surface area contributed by atoms with E-state index in [1.165, 1.54) is 5.56 Å². The van der Waals surface area contributed by atoms with E-state index < -0.39 is 0 Å². The Kier molecular flexibility index (Phi) is 9.33. The van der Waals surface area contributed by atoms with Crippen molar-refractivity contribution in [3.63, 3.8) is 0 Å². The molecule has 1 amide bonds. The third-order valence-corrected chi connectivity index (χ3v) is 4.41. The van der Waals surface area contributed by atoms with Gasteiger partial charge in [0.05, 0.1) is 6.04 Å². The van der Waals surface area contributed by atoms with Crippen LogP contribution in [-0.2, 0) is 17.9 Å². The standard InChI is InChI=1S/C22H26N6O.HI/c1-17(19-9-4-3-5-10-19)26-22(23-2)24-15-18-8-6-11-20(14-18)27-21(29)16-28-13-7-12-25-28;/h3-14,17H,15-16H2,1-2H3,(H,27,29)(H2,23,24,26);1H. The number of aliphatic imine (C=N–C) groups is 1. The van der Waals surface area contributed by atoms with E-state index in [2.05, 4.69) is 45.1 Å². The van der Waals surface area contributed by atoms with Crippen LogP contribution in [0.5, 0.6) is 0 Å². The third-order valence-electron chi connectivity index (χ3n) is 4.41. The number of aromatic nitrogens is 2. The van der Waals surface area contributed by atoms with Crippen molar-refractivity contribution in [1.29, 1.82) is 0 Å². The van der Waals surface area contributed by atoms with Crippen LogP contribution in [0.25, 0.3) is 0 Å². The van der Waals surface area contributed by atoms with E-state index >= 15 is 0 Å². The Morgan fingerprint density at radius 3 is 2.63 bits per heavy atom. The molecular formula is C22H27IN6O. The van der Waals surface area contributed by atoms with Crippen LogP contribution in [-0.4, -0.2) is 28.7 Å². The Hall–Kier alpha value is -2.88. The Morgan fingerprint density at radius 2 is 1.93 bits per heavy atom. The average molecular weight is 518 g/mol. The minimum Gasteiger partial charge on any atom is -0.352 e. The van der Waals surface area contributed by atoms with Gasteiger partial charge < -0.3 is 16.0 Å². The van der Waals surface area contributed by atoms with Gasteiger partial charge in [0.2, 0.25) is 5.91 Å². The highest BCUT2D eigenvalue weighted by molar-refractivity contribution is 14.0. The Bertz CT molecular complexity index is 943. The summed E-state index contributed by atoms with van der Waals surface area (Å²) in [5, 5.41) is 13.6. The molecule has 3 N–H and O–H groups in total. The zero-order valence-electron chi connectivity index (χ0n) is 17.1. The minimum absolute atomic E-state index is 0. The van der Waals surface area contributed by atoms with E-state index in [1.54, 1.807) is 30.2 Å². The van der Waals surface area contributed by atoms with Crippen molar-refractivity contribution in [3.05, 3.63) is 84.2 Å². The fraction of sp³-hybridized carbons (Fsp3) is 0.227. The van der Waals surface area contributed by atoms with Crippen LogP contribution in [0.1, 0.15) is 24.1 Å². The summed E-state index contributed by atoms with van der Waals surface area (Å²) in [4.78, 5) is 16.4. The van der Waals surface area contributed by atoms with Crippen LogP contribution in [0.4, 0.5) is 5.69 Å². The largest absolute Gasteiger partial charge is 0.352 e. The molecule has 0 bridgehead atoms. The summed E-state index contributed by atoms with van der Waals surface area (Å²) >= 11 is 0. The molecule has 1 atom stereocenters. The molecule has 3 aromatic rings. The number of guanidine groups is 1. The second-order valence-electron chi connectivity index (χ2n) is 6.65. The number of carbonyl (C=O) groups excluding carboxylic acids is 1. The van der Waals surface area contributed by atoms with Gasteiger partial charge in [-0.3, -0.25) is 14.5 Å². The molecular weight excluding hydrogens is 491 g/mol. The molecule has 30 heavy (non-hydrogen) atoms. The minimum atomic E-state index is -0.118. The maximum atomic E-state index is 12.1. The van der Waals surface area contributed by atoms with Crippen LogP contribution in [0.15, 0.2) is 78.0 Å². The van der Waals surface area contributed by atoms with E-state index in [0.29, 0.717) is 6.54 Å². The Balaban J connectivity index is 0.00000320. The molecule has 1 aromatic heterocycles. The third kappa shape index (κ3) is 7.18. The number of carbonyl (C=O) groups is 1. The molecule has 0 radical (unpaired) electrons. The van der Waals surface area contributed by atoms with Gasteiger partial charge in [-0.05, 0) is 36.2 Å². The zero-order valence-corrected chi connectivity index (χ0v) is 19.4. The Morgan fingerprint density at radius 1 is 1.13 bits per heavy atom.